The van der Waals surface area contributed by atoms with E-state index in [0.29, 0.717) is 11.7 Å². The van der Waals surface area contributed by atoms with Gasteiger partial charge < -0.3 is 10.5 Å². The molecule has 4 heteroatoms. The van der Waals surface area contributed by atoms with E-state index in [-0.39, 0.29) is 0 Å². The summed E-state index contributed by atoms with van der Waals surface area (Å²) >= 11 is 0. The quantitative estimate of drug-likeness (QED) is 0.917. The first-order valence-corrected chi connectivity index (χ1v) is 6.31. The molecular weight excluding hydrogens is 238 g/mol. The maximum absolute atomic E-state index is 5.70. The van der Waals surface area contributed by atoms with Crippen LogP contribution < -0.4 is 10.5 Å². The van der Waals surface area contributed by atoms with Crippen molar-refractivity contribution in [1.29, 1.82) is 0 Å². The average Bonchev–Trinajstić information content (AvgIpc) is 2.41. The normalized spacial score (nSPS) is 10.8. The van der Waals surface area contributed by atoms with Gasteiger partial charge in [0, 0.05) is 5.56 Å². The highest BCUT2D eigenvalue weighted by Gasteiger charge is 2.10. The first-order chi connectivity index (χ1) is 9.02. The number of methoxy groups -OCH3 is 1. The van der Waals surface area contributed by atoms with Crippen molar-refractivity contribution in [2.24, 2.45) is 0 Å². The van der Waals surface area contributed by atoms with Crippen LogP contribution in [0.5, 0.6) is 5.75 Å². The second-order valence-electron chi connectivity index (χ2n) is 4.91. The highest BCUT2D eigenvalue weighted by atomic mass is 16.5. The summed E-state index contributed by atoms with van der Waals surface area (Å²) < 4.78 is 5.38. The summed E-state index contributed by atoms with van der Waals surface area (Å²) in [6, 6.07) is 8.01. The van der Waals surface area contributed by atoms with Gasteiger partial charge >= 0.3 is 0 Å². The molecule has 0 amide bonds. The third kappa shape index (κ3) is 2.67. The third-order valence-corrected chi connectivity index (χ3v) is 3.17. The summed E-state index contributed by atoms with van der Waals surface area (Å²) in [5.41, 5.74) is 9.65. The lowest BCUT2D eigenvalue weighted by atomic mass is 9.98. The summed E-state index contributed by atoms with van der Waals surface area (Å²) in [6.07, 6.45) is 0. The SMILES string of the molecule is COc1ccc(-c2cc(C)c(N)nn2)cc1C(C)C. The van der Waals surface area contributed by atoms with Crippen molar-refractivity contribution < 1.29 is 4.74 Å². The summed E-state index contributed by atoms with van der Waals surface area (Å²) in [6.45, 7) is 6.21. The van der Waals surface area contributed by atoms with Gasteiger partial charge in [0.1, 0.15) is 11.6 Å². The van der Waals surface area contributed by atoms with E-state index in [1.54, 1.807) is 7.11 Å². The van der Waals surface area contributed by atoms with Gasteiger partial charge in [0.15, 0.2) is 0 Å². The van der Waals surface area contributed by atoms with Crippen LogP contribution >= 0.6 is 0 Å². The number of benzene rings is 1. The predicted octanol–water partition coefficient (Wildman–Crippen LogP) is 3.17. The van der Waals surface area contributed by atoms with E-state index in [0.717, 1.165) is 28.1 Å². The van der Waals surface area contributed by atoms with E-state index >= 15 is 0 Å². The molecule has 100 valence electrons. The maximum Gasteiger partial charge on any atom is 0.149 e. The molecule has 0 aliphatic heterocycles. The van der Waals surface area contributed by atoms with Gasteiger partial charge in [-0.3, -0.25) is 0 Å². The van der Waals surface area contributed by atoms with Gasteiger partial charge in [0.2, 0.25) is 0 Å². The van der Waals surface area contributed by atoms with Crippen molar-refractivity contribution in [2.75, 3.05) is 12.8 Å². The minimum atomic E-state index is 0.387. The lowest BCUT2D eigenvalue weighted by Gasteiger charge is -2.13. The van der Waals surface area contributed by atoms with Gasteiger partial charge in [-0.2, -0.15) is 0 Å². The van der Waals surface area contributed by atoms with Crippen LogP contribution in [0.1, 0.15) is 30.9 Å². The van der Waals surface area contributed by atoms with Crippen LogP contribution in [0.25, 0.3) is 11.3 Å². The molecule has 0 saturated carbocycles. The van der Waals surface area contributed by atoms with Crippen molar-refractivity contribution in [1.82, 2.24) is 10.2 Å². The van der Waals surface area contributed by atoms with Crippen LogP contribution in [-0.2, 0) is 0 Å². The number of nitrogen functional groups attached to an aromatic ring is 1. The van der Waals surface area contributed by atoms with Crippen LogP contribution in [0, 0.1) is 6.92 Å². The molecule has 2 rings (SSSR count). The minimum Gasteiger partial charge on any atom is -0.496 e. The number of aryl methyl sites for hydroxylation is 1. The fraction of sp³-hybridized carbons (Fsp3) is 0.333. The Morgan fingerprint density at radius 2 is 1.89 bits per heavy atom. The highest BCUT2D eigenvalue weighted by Crippen LogP contribution is 2.31. The first kappa shape index (κ1) is 13.3. The van der Waals surface area contributed by atoms with E-state index in [2.05, 4.69) is 30.1 Å². The molecule has 0 radical (unpaired) electrons. The van der Waals surface area contributed by atoms with Crippen molar-refractivity contribution in [3.05, 3.63) is 35.4 Å². The third-order valence-electron chi connectivity index (χ3n) is 3.17. The van der Waals surface area contributed by atoms with Gasteiger partial charge in [-0.05, 0) is 48.2 Å². The molecule has 0 spiro atoms. The highest BCUT2D eigenvalue weighted by molar-refractivity contribution is 5.64. The molecule has 2 N–H and O–H groups in total. The summed E-state index contributed by atoms with van der Waals surface area (Å²) in [4.78, 5) is 0. The molecule has 0 bridgehead atoms. The second-order valence-corrected chi connectivity index (χ2v) is 4.91. The van der Waals surface area contributed by atoms with Gasteiger partial charge in [-0.15, -0.1) is 10.2 Å². The standard InChI is InChI=1S/C15H19N3O/c1-9(2)12-8-11(5-6-14(12)19-4)13-7-10(3)15(16)18-17-13/h5-9H,1-4H3,(H2,16,18). The molecule has 0 atom stereocenters. The number of ether oxygens (including phenoxy) is 1. The molecular formula is C15H19N3O. The lowest BCUT2D eigenvalue weighted by molar-refractivity contribution is 0.407. The van der Waals surface area contributed by atoms with Gasteiger partial charge in [-0.1, -0.05) is 13.8 Å². The Kier molecular flexibility index (Phi) is 3.69. The van der Waals surface area contributed by atoms with Crippen molar-refractivity contribution in [2.45, 2.75) is 26.7 Å². The Balaban J connectivity index is 2.50. The first-order valence-electron chi connectivity index (χ1n) is 6.31. The number of anilines is 1. The van der Waals surface area contributed by atoms with Crippen LogP contribution in [0.3, 0.4) is 0 Å². The molecule has 1 heterocycles. The smallest absolute Gasteiger partial charge is 0.149 e. The molecule has 0 aliphatic rings. The fourth-order valence-corrected chi connectivity index (χ4v) is 1.98. The van der Waals surface area contributed by atoms with E-state index in [1.807, 2.05) is 25.1 Å². The van der Waals surface area contributed by atoms with E-state index in [1.165, 1.54) is 0 Å². The van der Waals surface area contributed by atoms with Crippen LogP contribution in [0.2, 0.25) is 0 Å². The van der Waals surface area contributed by atoms with Gasteiger partial charge in [0.05, 0.1) is 12.8 Å². The molecule has 2 aromatic rings. The zero-order valence-corrected chi connectivity index (χ0v) is 11.8. The van der Waals surface area contributed by atoms with E-state index in [4.69, 9.17) is 10.5 Å². The Bertz CT molecular complexity index is 594. The molecule has 1 aromatic carbocycles. The number of hydrogen-bond donors (Lipinski definition) is 1. The molecule has 0 saturated heterocycles. The minimum absolute atomic E-state index is 0.387. The molecule has 0 aliphatic carbocycles. The van der Waals surface area contributed by atoms with E-state index in [9.17, 15) is 0 Å². The van der Waals surface area contributed by atoms with Crippen molar-refractivity contribution in [3.63, 3.8) is 0 Å². The molecule has 0 fully saturated rings. The summed E-state index contributed by atoms with van der Waals surface area (Å²) in [5, 5.41) is 8.12. The molecule has 1 aromatic heterocycles. The average molecular weight is 257 g/mol. The monoisotopic (exact) mass is 257 g/mol. The topological polar surface area (TPSA) is 61.0 Å². The zero-order chi connectivity index (χ0) is 14.0. The lowest BCUT2D eigenvalue weighted by Crippen LogP contribution is -1.99. The Morgan fingerprint density at radius 3 is 2.47 bits per heavy atom. The van der Waals surface area contributed by atoms with Gasteiger partial charge in [0.25, 0.3) is 0 Å². The number of hydrogen-bond acceptors (Lipinski definition) is 4. The predicted molar refractivity (Wildman–Crippen MR) is 77.3 cm³/mol. The van der Waals surface area contributed by atoms with Crippen molar-refractivity contribution >= 4 is 5.82 Å². The number of rotatable bonds is 3. The zero-order valence-electron chi connectivity index (χ0n) is 11.8. The van der Waals surface area contributed by atoms with Crippen LogP contribution in [0.15, 0.2) is 24.3 Å². The number of nitrogens with zero attached hydrogens (tertiary/aromatic N) is 2. The second kappa shape index (κ2) is 5.26. The van der Waals surface area contributed by atoms with Crippen LogP contribution in [-0.4, -0.2) is 17.3 Å². The van der Waals surface area contributed by atoms with E-state index < -0.39 is 0 Å². The Hall–Kier alpha value is -2.10. The molecule has 4 nitrogen and oxygen atoms in total. The van der Waals surface area contributed by atoms with Crippen molar-refractivity contribution in [3.8, 4) is 17.0 Å². The Labute approximate surface area is 113 Å². The molecule has 0 unspecified atom stereocenters. The number of aromatic nitrogens is 2. The van der Waals surface area contributed by atoms with Gasteiger partial charge in [-0.25, -0.2) is 0 Å². The largest absolute Gasteiger partial charge is 0.496 e. The summed E-state index contributed by atoms with van der Waals surface area (Å²) in [7, 11) is 1.69. The maximum atomic E-state index is 5.70. The molecule has 19 heavy (non-hydrogen) atoms. The number of nitrogens with two attached hydrogens (primary N) is 1. The summed E-state index contributed by atoms with van der Waals surface area (Å²) in [5.74, 6) is 1.76. The fourth-order valence-electron chi connectivity index (χ4n) is 1.98. The van der Waals surface area contributed by atoms with Crippen LogP contribution in [0.4, 0.5) is 5.82 Å². The Morgan fingerprint density at radius 1 is 1.16 bits per heavy atom.